The van der Waals surface area contributed by atoms with Crippen LogP contribution in [0.2, 0.25) is 0 Å². The summed E-state index contributed by atoms with van der Waals surface area (Å²) in [6.07, 6.45) is 1.66. The zero-order chi connectivity index (χ0) is 21.3. The highest BCUT2D eigenvalue weighted by molar-refractivity contribution is 6.22. The number of benzene rings is 2. The maximum absolute atomic E-state index is 13.0. The second-order valence-corrected chi connectivity index (χ2v) is 7.67. The van der Waals surface area contributed by atoms with E-state index in [2.05, 4.69) is 4.90 Å². The summed E-state index contributed by atoms with van der Waals surface area (Å²) in [7, 11) is 0. The minimum atomic E-state index is -0.310. The highest BCUT2D eigenvalue weighted by atomic mass is 16.3. The Bertz CT molecular complexity index is 978. The Labute approximate surface area is 175 Å². The predicted molar refractivity (Wildman–Crippen MR) is 113 cm³/mol. The van der Waals surface area contributed by atoms with Gasteiger partial charge < -0.3 is 14.9 Å². The van der Waals surface area contributed by atoms with Crippen LogP contribution >= 0.6 is 0 Å². The summed E-state index contributed by atoms with van der Waals surface area (Å²) in [5.41, 5.74) is 2.15. The third-order valence-corrected chi connectivity index (χ3v) is 5.73. The van der Waals surface area contributed by atoms with Crippen LogP contribution in [0.4, 0.5) is 5.69 Å². The lowest BCUT2D eigenvalue weighted by molar-refractivity contribution is 0.0651. The molecule has 2 aliphatic rings. The van der Waals surface area contributed by atoms with Crippen molar-refractivity contribution in [2.75, 3.05) is 37.6 Å². The van der Waals surface area contributed by atoms with Crippen molar-refractivity contribution in [1.82, 2.24) is 9.80 Å². The molecule has 4 rings (SSSR count). The number of carbonyl (C=O) groups is 3. The van der Waals surface area contributed by atoms with Gasteiger partial charge in [0.05, 0.1) is 11.1 Å². The molecule has 2 aliphatic heterocycles. The topological polar surface area (TPSA) is 81.2 Å². The number of imide groups is 1. The molecule has 30 heavy (non-hydrogen) atoms. The van der Waals surface area contributed by atoms with E-state index in [9.17, 15) is 19.5 Å². The van der Waals surface area contributed by atoms with Crippen molar-refractivity contribution in [2.24, 2.45) is 0 Å². The molecule has 0 unspecified atom stereocenters. The number of hydrogen-bond donors (Lipinski definition) is 1. The number of aromatic hydroxyl groups is 1. The van der Waals surface area contributed by atoms with Gasteiger partial charge in [-0.2, -0.15) is 0 Å². The van der Waals surface area contributed by atoms with Gasteiger partial charge in [0.1, 0.15) is 5.75 Å². The maximum Gasteiger partial charge on any atom is 0.261 e. The van der Waals surface area contributed by atoms with Gasteiger partial charge in [0.2, 0.25) is 0 Å². The van der Waals surface area contributed by atoms with Crippen LogP contribution in [0.25, 0.3) is 0 Å². The van der Waals surface area contributed by atoms with Gasteiger partial charge in [-0.3, -0.25) is 19.3 Å². The van der Waals surface area contributed by atoms with Crippen LogP contribution in [-0.2, 0) is 0 Å². The van der Waals surface area contributed by atoms with E-state index in [0.29, 0.717) is 49.4 Å². The third-order valence-electron chi connectivity index (χ3n) is 5.73. The fourth-order valence-electron chi connectivity index (χ4n) is 3.96. The molecule has 0 saturated carbocycles. The molecule has 0 radical (unpaired) electrons. The summed E-state index contributed by atoms with van der Waals surface area (Å²) < 4.78 is 0. The van der Waals surface area contributed by atoms with Gasteiger partial charge in [-0.05, 0) is 48.9 Å². The number of carbonyl (C=O) groups excluding carboxylic acids is 3. The number of anilines is 1. The molecule has 0 atom stereocenters. The SMILES string of the molecule is CCCCN1C(=O)c2ccc(C(=O)N3CCN(c4ccc(O)cc4)CC3)cc2C1=O. The minimum absolute atomic E-state index is 0.129. The standard InChI is InChI=1S/C23H25N3O4/c1-2-3-10-26-22(29)19-9-4-16(15-20(19)23(26)30)21(28)25-13-11-24(12-14-25)17-5-7-18(27)8-6-17/h4-9,15,27H,2-3,10-14H2,1H3. The molecule has 2 aromatic carbocycles. The first-order valence-electron chi connectivity index (χ1n) is 10.3. The Kier molecular flexibility index (Phi) is 5.44. The summed E-state index contributed by atoms with van der Waals surface area (Å²) in [6, 6.07) is 11.8. The number of phenols is 1. The van der Waals surface area contributed by atoms with Gasteiger partial charge in [-0.25, -0.2) is 0 Å². The first kappa shape index (κ1) is 19.9. The number of fused-ring (bicyclic) bond motifs is 1. The average Bonchev–Trinajstić information content (AvgIpc) is 3.01. The van der Waals surface area contributed by atoms with Gasteiger partial charge >= 0.3 is 0 Å². The predicted octanol–water partition coefficient (Wildman–Crippen LogP) is 2.75. The fraction of sp³-hybridized carbons (Fsp3) is 0.348. The number of nitrogens with zero attached hydrogens (tertiary/aromatic N) is 3. The Hall–Kier alpha value is -3.35. The van der Waals surface area contributed by atoms with Crippen LogP contribution in [0.1, 0.15) is 50.8 Å². The van der Waals surface area contributed by atoms with E-state index in [1.54, 1.807) is 35.2 Å². The lowest BCUT2D eigenvalue weighted by atomic mass is 10.0. The molecule has 0 aliphatic carbocycles. The lowest BCUT2D eigenvalue weighted by Crippen LogP contribution is -2.48. The monoisotopic (exact) mass is 407 g/mol. The van der Waals surface area contributed by atoms with Gasteiger partial charge in [-0.1, -0.05) is 13.3 Å². The smallest absolute Gasteiger partial charge is 0.261 e. The highest BCUT2D eigenvalue weighted by Crippen LogP contribution is 2.26. The van der Waals surface area contributed by atoms with E-state index >= 15 is 0 Å². The summed E-state index contributed by atoms with van der Waals surface area (Å²) in [4.78, 5) is 43.3. The summed E-state index contributed by atoms with van der Waals surface area (Å²) >= 11 is 0. The van der Waals surface area contributed by atoms with Crippen molar-refractivity contribution in [1.29, 1.82) is 0 Å². The number of hydrogen-bond acceptors (Lipinski definition) is 5. The Balaban J connectivity index is 1.44. The largest absolute Gasteiger partial charge is 0.508 e. The molecule has 1 fully saturated rings. The van der Waals surface area contributed by atoms with Gasteiger partial charge in [-0.15, -0.1) is 0 Å². The van der Waals surface area contributed by atoms with Gasteiger partial charge in [0, 0.05) is 44.0 Å². The number of rotatable bonds is 5. The Morgan fingerprint density at radius 1 is 0.933 bits per heavy atom. The van der Waals surface area contributed by atoms with Crippen LogP contribution in [0.15, 0.2) is 42.5 Å². The number of phenolic OH excluding ortho intramolecular Hbond substituents is 1. The molecule has 0 aromatic heterocycles. The van der Waals surface area contributed by atoms with Gasteiger partial charge in [0.15, 0.2) is 0 Å². The molecule has 1 saturated heterocycles. The normalized spacial score (nSPS) is 16.2. The van der Waals surface area contributed by atoms with Crippen molar-refractivity contribution in [3.05, 3.63) is 59.2 Å². The second kappa shape index (κ2) is 8.18. The van der Waals surface area contributed by atoms with Crippen LogP contribution in [0.5, 0.6) is 5.75 Å². The Morgan fingerprint density at radius 3 is 2.27 bits per heavy atom. The first-order valence-corrected chi connectivity index (χ1v) is 10.3. The highest BCUT2D eigenvalue weighted by Gasteiger charge is 2.36. The van der Waals surface area contributed by atoms with E-state index in [1.165, 1.54) is 4.90 Å². The Morgan fingerprint density at radius 2 is 1.60 bits per heavy atom. The zero-order valence-corrected chi connectivity index (χ0v) is 17.0. The van der Waals surface area contributed by atoms with Crippen molar-refractivity contribution in [2.45, 2.75) is 19.8 Å². The van der Waals surface area contributed by atoms with E-state index in [-0.39, 0.29) is 23.5 Å². The third kappa shape index (κ3) is 3.63. The van der Waals surface area contributed by atoms with Crippen molar-refractivity contribution < 1.29 is 19.5 Å². The molecular weight excluding hydrogens is 382 g/mol. The van der Waals surface area contributed by atoms with Crippen LogP contribution in [0, 0.1) is 0 Å². The van der Waals surface area contributed by atoms with Crippen LogP contribution < -0.4 is 4.90 Å². The summed E-state index contributed by atoms with van der Waals surface area (Å²) in [5.74, 6) is -0.485. The zero-order valence-electron chi connectivity index (χ0n) is 17.0. The molecule has 1 N–H and O–H groups in total. The molecule has 7 nitrogen and oxygen atoms in total. The fourth-order valence-corrected chi connectivity index (χ4v) is 3.96. The van der Waals surface area contributed by atoms with E-state index < -0.39 is 0 Å². The van der Waals surface area contributed by atoms with E-state index in [4.69, 9.17) is 0 Å². The molecule has 3 amide bonds. The maximum atomic E-state index is 13.0. The summed E-state index contributed by atoms with van der Waals surface area (Å²) in [6.45, 7) is 4.91. The van der Waals surface area contributed by atoms with Crippen LogP contribution in [-0.4, -0.2) is 65.4 Å². The molecule has 2 heterocycles. The minimum Gasteiger partial charge on any atom is -0.508 e. The van der Waals surface area contributed by atoms with E-state index in [1.807, 2.05) is 19.1 Å². The average molecular weight is 407 g/mol. The van der Waals surface area contributed by atoms with Crippen molar-refractivity contribution in [3.8, 4) is 5.75 Å². The number of unbranched alkanes of at least 4 members (excludes halogenated alkanes) is 1. The summed E-state index contributed by atoms with van der Waals surface area (Å²) in [5, 5.41) is 9.44. The quantitative estimate of drug-likeness (QED) is 0.771. The molecule has 0 spiro atoms. The van der Waals surface area contributed by atoms with Crippen molar-refractivity contribution >= 4 is 23.4 Å². The first-order chi connectivity index (χ1) is 14.5. The van der Waals surface area contributed by atoms with E-state index in [0.717, 1.165) is 18.5 Å². The molecular formula is C23H25N3O4. The molecule has 0 bridgehead atoms. The number of piperazine rings is 1. The molecule has 156 valence electrons. The molecule has 7 heteroatoms. The van der Waals surface area contributed by atoms with Crippen LogP contribution in [0.3, 0.4) is 0 Å². The van der Waals surface area contributed by atoms with Gasteiger partial charge in [0.25, 0.3) is 17.7 Å². The second-order valence-electron chi connectivity index (χ2n) is 7.67. The lowest BCUT2D eigenvalue weighted by Gasteiger charge is -2.36. The number of amides is 3. The van der Waals surface area contributed by atoms with Crippen molar-refractivity contribution in [3.63, 3.8) is 0 Å². The molecule has 2 aromatic rings.